The van der Waals surface area contributed by atoms with Gasteiger partial charge in [-0.3, -0.25) is 9.20 Å². The Morgan fingerprint density at radius 1 is 1.50 bits per heavy atom. The van der Waals surface area contributed by atoms with Crippen LogP contribution in [0.15, 0.2) is 35.6 Å². The summed E-state index contributed by atoms with van der Waals surface area (Å²) in [6, 6.07) is 6.01. The zero-order chi connectivity index (χ0) is 12.6. The average molecular weight is 262 g/mol. The molecule has 0 atom stereocenters. The summed E-state index contributed by atoms with van der Waals surface area (Å²) in [5.41, 5.74) is 0.960. The third-order valence-corrected chi connectivity index (χ3v) is 4.79. The number of aliphatic carboxylic acids is 1. The maximum absolute atomic E-state index is 10.8. The molecule has 0 spiro atoms. The van der Waals surface area contributed by atoms with Gasteiger partial charge in [-0.15, -0.1) is 11.8 Å². The standard InChI is InChI=1S/C13H14N2O2S/c16-12(17)8-13(4-5-13)9-18-11-3-1-2-10-14-6-7-15(10)11/h1-3,6-7H,4-5,8-9H2,(H,16,17). The van der Waals surface area contributed by atoms with Gasteiger partial charge in [0.2, 0.25) is 0 Å². The Morgan fingerprint density at radius 2 is 2.33 bits per heavy atom. The zero-order valence-electron chi connectivity index (χ0n) is 9.87. The van der Waals surface area contributed by atoms with Gasteiger partial charge in [0, 0.05) is 18.1 Å². The SMILES string of the molecule is O=C(O)CC1(CSc2cccc3nccn23)CC1. The summed E-state index contributed by atoms with van der Waals surface area (Å²) in [6.45, 7) is 0. The van der Waals surface area contributed by atoms with Crippen molar-refractivity contribution in [1.29, 1.82) is 0 Å². The molecule has 1 fully saturated rings. The minimum absolute atomic E-state index is 0.0270. The lowest BCUT2D eigenvalue weighted by atomic mass is 10.1. The predicted octanol–water partition coefficient (Wildman–Crippen LogP) is 2.68. The van der Waals surface area contributed by atoms with Crippen LogP contribution in [0.5, 0.6) is 0 Å². The summed E-state index contributed by atoms with van der Waals surface area (Å²) < 4.78 is 2.04. The summed E-state index contributed by atoms with van der Waals surface area (Å²) >= 11 is 1.73. The topological polar surface area (TPSA) is 54.6 Å². The van der Waals surface area contributed by atoms with Gasteiger partial charge in [0.05, 0.1) is 11.4 Å². The molecule has 1 saturated carbocycles. The summed E-state index contributed by atoms with van der Waals surface area (Å²) in [5, 5.41) is 10.0. The number of carboxylic acid groups (broad SMARTS) is 1. The number of carboxylic acids is 1. The molecule has 0 radical (unpaired) electrons. The number of carbonyl (C=O) groups is 1. The van der Waals surface area contributed by atoms with Crippen molar-refractivity contribution in [2.24, 2.45) is 5.41 Å². The second kappa shape index (κ2) is 4.31. The van der Waals surface area contributed by atoms with Gasteiger partial charge in [-0.25, -0.2) is 4.98 Å². The van der Waals surface area contributed by atoms with E-state index in [-0.39, 0.29) is 5.41 Å². The number of thioether (sulfide) groups is 1. The van der Waals surface area contributed by atoms with Gasteiger partial charge in [-0.1, -0.05) is 6.07 Å². The van der Waals surface area contributed by atoms with Crippen LogP contribution in [0.1, 0.15) is 19.3 Å². The highest BCUT2D eigenvalue weighted by Crippen LogP contribution is 2.51. The van der Waals surface area contributed by atoms with Crippen molar-refractivity contribution in [3.63, 3.8) is 0 Å². The van der Waals surface area contributed by atoms with Crippen LogP contribution in [0.2, 0.25) is 0 Å². The molecule has 94 valence electrons. The number of imidazole rings is 1. The van der Waals surface area contributed by atoms with Crippen LogP contribution < -0.4 is 0 Å². The Balaban J connectivity index is 1.74. The van der Waals surface area contributed by atoms with Gasteiger partial charge in [0.1, 0.15) is 5.65 Å². The molecule has 1 aliphatic rings. The highest BCUT2D eigenvalue weighted by molar-refractivity contribution is 7.99. The highest BCUT2D eigenvalue weighted by Gasteiger charge is 2.44. The molecule has 1 aliphatic carbocycles. The monoisotopic (exact) mass is 262 g/mol. The minimum atomic E-state index is -0.686. The number of rotatable bonds is 5. The summed E-state index contributed by atoms with van der Waals surface area (Å²) in [7, 11) is 0. The van der Waals surface area contributed by atoms with Crippen LogP contribution in [0.25, 0.3) is 5.65 Å². The van der Waals surface area contributed by atoms with E-state index in [9.17, 15) is 4.79 Å². The van der Waals surface area contributed by atoms with E-state index in [1.807, 2.05) is 22.7 Å². The molecule has 2 aromatic rings. The highest BCUT2D eigenvalue weighted by atomic mass is 32.2. The van der Waals surface area contributed by atoms with E-state index in [2.05, 4.69) is 11.1 Å². The lowest BCUT2D eigenvalue weighted by Gasteiger charge is -2.12. The lowest BCUT2D eigenvalue weighted by Crippen LogP contribution is -2.11. The van der Waals surface area contributed by atoms with E-state index in [0.717, 1.165) is 29.3 Å². The average Bonchev–Trinajstić information content (AvgIpc) is 2.91. The van der Waals surface area contributed by atoms with Gasteiger partial charge < -0.3 is 5.11 Å². The molecule has 1 N–H and O–H groups in total. The van der Waals surface area contributed by atoms with Crippen LogP contribution in [0.3, 0.4) is 0 Å². The number of aromatic nitrogens is 2. The first-order valence-electron chi connectivity index (χ1n) is 5.95. The maximum Gasteiger partial charge on any atom is 0.303 e. The fourth-order valence-electron chi connectivity index (χ4n) is 2.14. The van der Waals surface area contributed by atoms with Gasteiger partial charge in [-0.2, -0.15) is 0 Å². The molecule has 0 unspecified atom stereocenters. The fraction of sp³-hybridized carbons (Fsp3) is 0.385. The number of hydrogen-bond donors (Lipinski definition) is 1. The minimum Gasteiger partial charge on any atom is -0.481 e. The summed E-state index contributed by atoms with van der Waals surface area (Å²) in [6.07, 6.45) is 6.08. The Hall–Kier alpha value is -1.49. The molecule has 2 aromatic heterocycles. The molecule has 0 aliphatic heterocycles. The van der Waals surface area contributed by atoms with Crippen LogP contribution in [-0.2, 0) is 4.79 Å². The normalized spacial score (nSPS) is 16.9. The summed E-state index contributed by atoms with van der Waals surface area (Å²) in [5.74, 6) is 0.185. The van der Waals surface area contributed by atoms with Crippen LogP contribution in [0, 0.1) is 5.41 Å². The van der Waals surface area contributed by atoms with Gasteiger partial charge in [0.25, 0.3) is 0 Å². The number of nitrogens with zero attached hydrogens (tertiary/aromatic N) is 2. The van der Waals surface area contributed by atoms with Crippen molar-refractivity contribution < 1.29 is 9.90 Å². The molecule has 0 bridgehead atoms. The number of fused-ring (bicyclic) bond motifs is 1. The third kappa shape index (κ3) is 2.22. The van der Waals surface area contributed by atoms with E-state index < -0.39 is 5.97 Å². The molecule has 2 heterocycles. The molecule has 0 saturated heterocycles. The molecule has 18 heavy (non-hydrogen) atoms. The van der Waals surface area contributed by atoms with Crippen molar-refractivity contribution in [3.8, 4) is 0 Å². The summed E-state index contributed by atoms with van der Waals surface area (Å²) in [4.78, 5) is 15.1. The number of hydrogen-bond acceptors (Lipinski definition) is 3. The first-order valence-corrected chi connectivity index (χ1v) is 6.94. The molecule has 4 nitrogen and oxygen atoms in total. The fourth-order valence-corrected chi connectivity index (χ4v) is 3.45. The van der Waals surface area contributed by atoms with Crippen molar-refractivity contribution in [1.82, 2.24) is 9.38 Å². The Kier molecular flexibility index (Phi) is 2.78. The van der Waals surface area contributed by atoms with E-state index in [0.29, 0.717) is 6.42 Å². The van der Waals surface area contributed by atoms with Crippen molar-refractivity contribution in [3.05, 3.63) is 30.6 Å². The largest absolute Gasteiger partial charge is 0.481 e. The van der Waals surface area contributed by atoms with Crippen molar-refractivity contribution in [2.75, 3.05) is 5.75 Å². The van der Waals surface area contributed by atoms with E-state index in [4.69, 9.17) is 5.11 Å². The Labute approximate surface area is 109 Å². The smallest absolute Gasteiger partial charge is 0.303 e. The van der Waals surface area contributed by atoms with Crippen LogP contribution >= 0.6 is 11.8 Å². The van der Waals surface area contributed by atoms with E-state index in [1.54, 1.807) is 18.0 Å². The Bertz CT molecular complexity index is 589. The third-order valence-electron chi connectivity index (χ3n) is 3.40. The second-order valence-corrected chi connectivity index (χ2v) is 5.87. The first-order chi connectivity index (χ1) is 8.69. The maximum atomic E-state index is 10.8. The number of pyridine rings is 1. The quantitative estimate of drug-likeness (QED) is 0.842. The molecule has 0 aromatic carbocycles. The van der Waals surface area contributed by atoms with Crippen molar-refractivity contribution >= 4 is 23.4 Å². The predicted molar refractivity (Wildman–Crippen MR) is 69.8 cm³/mol. The van der Waals surface area contributed by atoms with Gasteiger partial charge in [-0.05, 0) is 30.4 Å². The van der Waals surface area contributed by atoms with E-state index in [1.165, 1.54) is 0 Å². The Morgan fingerprint density at radius 3 is 3.06 bits per heavy atom. The zero-order valence-corrected chi connectivity index (χ0v) is 10.7. The van der Waals surface area contributed by atoms with Gasteiger partial charge >= 0.3 is 5.97 Å². The molecule has 5 heteroatoms. The van der Waals surface area contributed by atoms with Gasteiger partial charge in [0.15, 0.2) is 0 Å². The molecular formula is C13H14N2O2S. The first kappa shape index (κ1) is 11.6. The van der Waals surface area contributed by atoms with Crippen molar-refractivity contribution in [2.45, 2.75) is 24.3 Å². The van der Waals surface area contributed by atoms with Crippen LogP contribution in [-0.4, -0.2) is 26.2 Å². The molecular weight excluding hydrogens is 248 g/mol. The molecule has 3 rings (SSSR count). The molecule has 0 amide bonds. The second-order valence-electron chi connectivity index (χ2n) is 4.88. The lowest BCUT2D eigenvalue weighted by molar-refractivity contribution is -0.138. The van der Waals surface area contributed by atoms with E-state index >= 15 is 0 Å². The van der Waals surface area contributed by atoms with Crippen LogP contribution in [0.4, 0.5) is 0 Å².